The molecule has 3 heterocycles. The average molecular weight is 447 g/mol. The van der Waals surface area contributed by atoms with E-state index in [2.05, 4.69) is 9.97 Å². The molecule has 1 aromatic carbocycles. The van der Waals surface area contributed by atoms with Crippen molar-refractivity contribution in [3.63, 3.8) is 0 Å². The summed E-state index contributed by atoms with van der Waals surface area (Å²) in [6, 6.07) is 9.40. The van der Waals surface area contributed by atoms with E-state index in [1.165, 1.54) is 4.90 Å². The molecule has 170 valence electrons. The Balaban J connectivity index is 1.66. The minimum Gasteiger partial charge on any atom is -0.872 e. The molecule has 3 aromatic rings. The van der Waals surface area contributed by atoms with Crippen molar-refractivity contribution in [2.45, 2.75) is 32.4 Å². The lowest BCUT2D eigenvalue weighted by molar-refractivity contribution is -0.695. The predicted octanol–water partition coefficient (Wildman–Crippen LogP) is 1.80. The van der Waals surface area contributed by atoms with Gasteiger partial charge in [0.1, 0.15) is 18.1 Å². The van der Waals surface area contributed by atoms with Crippen molar-refractivity contribution < 1.29 is 24.0 Å². The summed E-state index contributed by atoms with van der Waals surface area (Å²) in [7, 11) is 0. The third-order valence-electron chi connectivity index (χ3n) is 5.56. The summed E-state index contributed by atoms with van der Waals surface area (Å²) >= 11 is 0. The fourth-order valence-corrected chi connectivity index (χ4v) is 3.95. The highest BCUT2D eigenvalue weighted by Gasteiger charge is 2.43. The number of imidazole rings is 1. The Kier molecular flexibility index (Phi) is 6.83. The molecule has 1 unspecified atom stereocenters. The van der Waals surface area contributed by atoms with Gasteiger partial charge >= 0.3 is 0 Å². The number of carbonyl (C=O) groups is 2. The third kappa shape index (κ3) is 4.79. The van der Waals surface area contributed by atoms with E-state index in [0.29, 0.717) is 43.0 Å². The molecular formula is C25H26N4O4. The molecule has 1 aliphatic rings. The van der Waals surface area contributed by atoms with Crippen molar-refractivity contribution in [2.75, 3.05) is 13.2 Å². The van der Waals surface area contributed by atoms with Crippen LogP contribution in [0.2, 0.25) is 0 Å². The first kappa shape index (κ1) is 22.3. The van der Waals surface area contributed by atoms with Gasteiger partial charge in [0.25, 0.3) is 5.91 Å². The number of aromatic nitrogens is 3. The lowest BCUT2D eigenvalue weighted by Crippen LogP contribution is -2.36. The Morgan fingerprint density at radius 3 is 2.61 bits per heavy atom. The van der Waals surface area contributed by atoms with Crippen molar-refractivity contribution in [3.05, 3.63) is 84.2 Å². The summed E-state index contributed by atoms with van der Waals surface area (Å²) in [5, 5.41) is 13.4. The number of rotatable bonds is 9. The molecule has 0 radical (unpaired) electrons. The number of hydrogen-bond acceptors (Lipinski definition) is 5. The number of nitrogens with zero attached hydrogens (tertiary/aromatic N) is 3. The summed E-state index contributed by atoms with van der Waals surface area (Å²) in [5.41, 5.74) is 1.01. The van der Waals surface area contributed by atoms with Gasteiger partial charge in [-0.05, 0) is 41.8 Å². The van der Waals surface area contributed by atoms with Crippen LogP contribution >= 0.6 is 0 Å². The maximum Gasteiger partial charge on any atom is 0.295 e. The minimum absolute atomic E-state index is 0.0253. The first-order chi connectivity index (χ1) is 16.1. The number of pyridine rings is 1. The van der Waals surface area contributed by atoms with E-state index in [9.17, 15) is 14.7 Å². The van der Waals surface area contributed by atoms with Gasteiger partial charge in [0.15, 0.2) is 0 Å². The van der Waals surface area contributed by atoms with Crippen molar-refractivity contribution in [1.29, 1.82) is 0 Å². The van der Waals surface area contributed by atoms with Crippen LogP contribution in [0.1, 0.15) is 36.9 Å². The number of ether oxygens (including phenoxy) is 1. The summed E-state index contributed by atoms with van der Waals surface area (Å²) in [6.45, 7) is 3.61. The normalized spacial score (nSPS) is 17.5. The molecular weight excluding hydrogens is 420 g/mol. The van der Waals surface area contributed by atoms with Crippen LogP contribution in [0.3, 0.4) is 0 Å². The zero-order valence-electron chi connectivity index (χ0n) is 18.4. The van der Waals surface area contributed by atoms with Gasteiger partial charge in [-0.15, -0.1) is 0 Å². The molecule has 0 spiro atoms. The Bertz CT molecular complexity index is 1120. The Hall–Kier alpha value is -3.94. The fraction of sp³-hybridized carbons (Fsp3) is 0.280. The summed E-state index contributed by atoms with van der Waals surface area (Å²) < 4.78 is 7.54. The van der Waals surface area contributed by atoms with Gasteiger partial charge in [0.2, 0.25) is 12.1 Å². The van der Waals surface area contributed by atoms with Crippen LogP contribution in [0.15, 0.2) is 73.1 Å². The van der Waals surface area contributed by atoms with Gasteiger partial charge < -0.3 is 14.7 Å². The second-order valence-electron chi connectivity index (χ2n) is 7.83. The fourth-order valence-electron chi connectivity index (χ4n) is 3.95. The van der Waals surface area contributed by atoms with E-state index in [0.717, 1.165) is 6.42 Å². The average Bonchev–Trinajstić information content (AvgIpc) is 3.45. The first-order valence-electron chi connectivity index (χ1n) is 11.0. The number of Topliss-reactive ketones (excluding diaryl/α,β-unsaturated/α-hetero) is 1. The number of amides is 1. The van der Waals surface area contributed by atoms with Gasteiger partial charge in [-0.1, -0.05) is 24.8 Å². The molecule has 33 heavy (non-hydrogen) atoms. The van der Waals surface area contributed by atoms with Crippen LogP contribution in [0.5, 0.6) is 5.75 Å². The molecule has 1 amide bonds. The molecule has 8 nitrogen and oxygen atoms in total. The first-order valence-corrected chi connectivity index (χ1v) is 11.0. The van der Waals surface area contributed by atoms with E-state index < -0.39 is 23.5 Å². The number of carbonyl (C=O) groups excluding carboxylic acids is 2. The van der Waals surface area contributed by atoms with Crippen molar-refractivity contribution in [3.8, 4) is 5.75 Å². The van der Waals surface area contributed by atoms with Gasteiger partial charge in [0.05, 0.1) is 19.2 Å². The number of benzene rings is 1. The molecule has 8 heteroatoms. The highest BCUT2D eigenvalue weighted by molar-refractivity contribution is 6.46. The number of nitrogens with one attached hydrogen (secondary N) is 1. The van der Waals surface area contributed by atoms with Gasteiger partial charge in [-0.3, -0.25) is 19.6 Å². The Labute approximate surface area is 192 Å². The number of aryl methyl sites for hydroxylation is 1. The molecule has 0 saturated carbocycles. The third-order valence-corrected chi connectivity index (χ3v) is 5.56. The zero-order chi connectivity index (χ0) is 23.2. The van der Waals surface area contributed by atoms with Crippen molar-refractivity contribution in [1.82, 2.24) is 14.9 Å². The highest BCUT2D eigenvalue weighted by atomic mass is 16.5. The topological polar surface area (TPSA) is 102 Å². The number of hydrogen-bond donors (Lipinski definition) is 1. The molecule has 0 aliphatic carbocycles. The molecule has 2 aromatic heterocycles. The summed E-state index contributed by atoms with van der Waals surface area (Å²) in [5.74, 6) is -1.19. The van der Waals surface area contributed by atoms with Crippen LogP contribution in [-0.4, -0.2) is 39.7 Å². The van der Waals surface area contributed by atoms with Crippen LogP contribution in [0, 0.1) is 0 Å². The maximum absolute atomic E-state index is 13.4. The second kappa shape index (κ2) is 10.1. The standard InChI is InChI=1S/C25H26N4O4/c1-2-16-33-20-6-4-19(5-7-20)23(30)21-22(18-8-10-26-11-9-18)29(25(32)24(21)31)14-3-13-28-15-12-27-17-28/h4-12,15,17,22H,2-3,13-14,16H2,1H3,(H,30,31). The second-order valence-corrected chi connectivity index (χ2v) is 7.83. The monoisotopic (exact) mass is 446 g/mol. The highest BCUT2D eigenvalue weighted by Crippen LogP contribution is 2.38. The number of likely N-dealkylation sites (tertiary alicyclic amines) is 1. The van der Waals surface area contributed by atoms with Crippen molar-refractivity contribution >= 4 is 17.4 Å². The van der Waals surface area contributed by atoms with Gasteiger partial charge in [0, 0.05) is 30.9 Å². The van der Waals surface area contributed by atoms with E-state index in [-0.39, 0.29) is 5.57 Å². The molecule has 1 N–H and O–H groups in total. The lowest BCUT2D eigenvalue weighted by atomic mass is 9.96. The van der Waals surface area contributed by atoms with Crippen LogP contribution < -0.4 is 14.4 Å². The van der Waals surface area contributed by atoms with Gasteiger partial charge in [-0.25, -0.2) is 4.57 Å². The minimum atomic E-state index is -0.748. The van der Waals surface area contributed by atoms with E-state index in [1.54, 1.807) is 48.8 Å². The lowest BCUT2D eigenvalue weighted by Gasteiger charge is -2.27. The molecule has 1 atom stereocenters. The molecule has 1 aliphatic heterocycles. The number of H-pyrrole nitrogens is 1. The van der Waals surface area contributed by atoms with Crippen LogP contribution in [0.4, 0.5) is 0 Å². The summed E-state index contributed by atoms with van der Waals surface area (Å²) in [4.78, 5) is 34.5. The quantitative estimate of drug-likeness (QED) is 0.234. The van der Waals surface area contributed by atoms with E-state index in [1.807, 2.05) is 30.2 Å². The largest absolute Gasteiger partial charge is 0.872 e. The maximum atomic E-state index is 13.4. The Morgan fingerprint density at radius 1 is 1.18 bits per heavy atom. The SMILES string of the molecule is CCCOc1ccc(/C([O-])=C2\C(=O)C(=O)N(CCC[n+]3cc[nH]c3)C2c2ccncc2)cc1. The molecule has 0 bridgehead atoms. The van der Waals surface area contributed by atoms with E-state index >= 15 is 0 Å². The van der Waals surface area contributed by atoms with Crippen LogP contribution in [0.25, 0.3) is 5.76 Å². The smallest absolute Gasteiger partial charge is 0.295 e. The Morgan fingerprint density at radius 2 is 1.94 bits per heavy atom. The molecule has 4 rings (SSSR count). The van der Waals surface area contributed by atoms with Crippen molar-refractivity contribution in [2.24, 2.45) is 0 Å². The van der Waals surface area contributed by atoms with E-state index in [4.69, 9.17) is 4.74 Å². The number of aromatic amines is 1. The van der Waals surface area contributed by atoms with Gasteiger partial charge in [-0.2, -0.15) is 0 Å². The molecule has 1 saturated heterocycles. The number of ketones is 1. The predicted molar refractivity (Wildman–Crippen MR) is 118 cm³/mol. The zero-order valence-corrected chi connectivity index (χ0v) is 18.4. The van der Waals surface area contributed by atoms with Crippen LogP contribution in [-0.2, 0) is 16.1 Å². The summed E-state index contributed by atoms with van der Waals surface area (Å²) in [6.07, 6.45) is 10.2. The molecule has 1 fully saturated rings.